The number of benzene rings is 1. The van der Waals surface area contributed by atoms with Crippen LogP contribution in [-0.2, 0) is 16.6 Å². The Morgan fingerprint density at radius 3 is 2.70 bits per heavy atom. The molecule has 3 rings (SSSR count). The number of carbonyl (C=O) groups is 3. The number of carbonyl (C=O) groups excluding carboxylic acids is 2. The van der Waals surface area contributed by atoms with E-state index in [4.69, 9.17) is 4.74 Å². The Balaban J connectivity index is 1.76. The quantitative estimate of drug-likeness (QED) is 0.825. The van der Waals surface area contributed by atoms with Crippen molar-refractivity contribution in [3.05, 3.63) is 30.0 Å². The molecule has 1 aliphatic rings. The molecule has 0 bridgehead atoms. The minimum Gasteiger partial charge on any atom is -0.497 e. The number of hydrogen-bond acceptors (Lipinski definition) is 4. The van der Waals surface area contributed by atoms with E-state index in [0.717, 1.165) is 10.9 Å². The normalized spacial score (nSPS) is 17.7. The summed E-state index contributed by atoms with van der Waals surface area (Å²) in [7, 11) is 3.35. The second kappa shape index (κ2) is 7.30. The SMILES string of the molecule is COc1ccc2c(c1)cc(C(=O)NC(C)C(=O)N1CCCC1C(=O)O)n2C. The van der Waals surface area contributed by atoms with Gasteiger partial charge in [-0.1, -0.05) is 0 Å². The summed E-state index contributed by atoms with van der Waals surface area (Å²) in [5.74, 6) is -1.09. The number of aryl methyl sites for hydroxylation is 1. The first-order valence-electron chi connectivity index (χ1n) is 8.81. The van der Waals surface area contributed by atoms with Gasteiger partial charge in [0, 0.05) is 24.5 Å². The molecule has 8 heteroatoms. The number of rotatable bonds is 5. The second-order valence-corrected chi connectivity index (χ2v) is 6.74. The maximum Gasteiger partial charge on any atom is 0.326 e. The van der Waals surface area contributed by atoms with E-state index in [1.165, 1.54) is 4.90 Å². The Morgan fingerprint density at radius 1 is 1.30 bits per heavy atom. The number of hydrogen-bond donors (Lipinski definition) is 2. The molecule has 0 aliphatic carbocycles. The third kappa shape index (κ3) is 3.47. The molecule has 2 aromatic rings. The van der Waals surface area contributed by atoms with Crippen LogP contribution in [0, 0.1) is 0 Å². The molecule has 8 nitrogen and oxygen atoms in total. The summed E-state index contributed by atoms with van der Waals surface area (Å²) >= 11 is 0. The Labute approximate surface area is 156 Å². The van der Waals surface area contributed by atoms with Crippen molar-refractivity contribution >= 4 is 28.7 Å². The number of ether oxygens (including phenoxy) is 1. The molecule has 0 spiro atoms. The van der Waals surface area contributed by atoms with Crippen LogP contribution in [0.5, 0.6) is 5.75 Å². The molecule has 1 aliphatic heterocycles. The van der Waals surface area contributed by atoms with Crippen molar-refractivity contribution in [1.29, 1.82) is 0 Å². The Kier molecular flexibility index (Phi) is 5.07. The molecule has 2 unspecified atom stereocenters. The summed E-state index contributed by atoms with van der Waals surface area (Å²) in [4.78, 5) is 37.9. The highest BCUT2D eigenvalue weighted by Crippen LogP contribution is 2.24. The second-order valence-electron chi connectivity index (χ2n) is 6.74. The van der Waals surface area contributed by atoms with Crippen molar-refractivity contribution in [3.8, 4) is 5.75 Å². The van der Waals surface area contributed by atoms with Gasteiger partial charge in [-0.15, -0.1) is 0 Å². The predicted octanol–water partition coefficient (Wildman–Crippen LogP) is 1.38. The van der Waals surface area contributed by atoms with Crippen molar-refractivity contribution in [1.82, 2.24) is 14.8 Å². The van der Waals surface area contributed by atoms with Gasteiger partial charge in [0.1, 0.15) is 23.5 Å². The first kappa shape index (κ1) is 18.8. The van der Waals surface area contributed by atoms with E-state index in [2.05, 4.69) is 5.32 Å². The lowest BCUT2D eigenvalue weighted by Crippen LogP contribution is -2.50. The maximum absolute atomic E-state index is 12.7. The fourth-order valence-electron chi connectivity index (χ4n) is 3.54. The molecule has 0 radical (unpaired) electrons. The van der Waals surface area contributed by atoms with E-state index in [1.54, 1.807) is 31.7 Å². The Bertz CT molecular complexity index is 904. The largest absolute Gasteiger partial charge is 0.497 e. The molecule has 1 saturated heterocycles. The fourth-order valence-corrected chi connectivity index (χ4v) is 3.54. The van der Waals surface area contributed by atoms with Gasteiger partial charge in [-0.25, -0.2) is 4.79 Å². The van der Waals surface area contributed by atoms with Gasteiger partial charge in [0.25, 0.3) is 5.91 Å². The molecular weight excluding hydrogens is 350 g/mol. The zero-order valence-corrected chi connectivity index (χ0v) is 15.6. The van der Waals surface area contributed by atoms with Gasteiger partial charge in [-0.2, -0.15) is 0 Å². The predicted molar refractivity (Wildman–Crippen MR) is 98.8 cm³/mol. The molecule has 0 saturated carbocycles. The number of methoxy groups -OCH3 is 1. The Hall–Kier alpha value is -3.03. The van der Waals surface area contributed by atoms with Gasteiger partial charge in [0.05, 0.1) is 7.11 Å². The molecule has 2 amide bonds. The fraction of sp³-hybridized carbons (Fsp3) is 0.421. The first-order chi connectivity index (χ1) is 12.8. The number of aliphatic carboxylic acids is 1. The van der Waals surface area contributed by atoms with Crippen LogP contribution >= 0.6 is 0 Å². The van der Waals surface area contributed by atoms with Gasteiger partial charge in [-0.05, 0) is 44.0 Å². The van der Waals surface area contributed by atoms with Crippen LogP contribution in [0.2, 0.25) is 0 Å². The number of fused-ring (bicyclic) bond motifs is 1. The zero-order valence-electron chi connectivity index (χ0n) is 15.6. The van der Waals surface area contributed by atoms with Crippen molar-refractivity contribution in [2.75, 3.05) is 13.7 Å². The number of likely N-dealkylation sites (tertiary alicyclic amines) is 1. The van der Waals surface area contributed by atoms with Gasteiger partial charge in [-0.3, -0.25) is 9.59 Å². The van der Waals surface area contributed by atoms with Gasteiger partial charge >= 0.3 is 5.97 Å². The summed E-state index contributed by atoms with van der Waals surface area (Å²) in [5, 5.41) is 12.8. The van der Waals surface area contributed by atoms with Crippen LogP contribution in [0.1, 0.15) is 30.3 Å². The first-order valence-corrected chi connectivity index (χ1v) is 8.81. The number of carboxylic acid groups (broad SMARTS) is 1. The molecule has 2 heterocycles. The van der Waals surface area contributed by atoms with Crippen molar-refractivity contribution < 1.29 is 24.2 Å². The topological polar surface area (TPSA) is 101 Å². The van der Waals surface area contributed by atoms with E-state index in [-0.39, 0.29) is 11.8 Å². The highest BCUT2D eigenvalue weighted by Gasteiger charge is 2.36. The van der Waals surface area contributed by atoms with Gasteiger partial charge in [0.15, 0.2) is 0 Å². The molecule has 1 aromatic carbocycles. The smallest absolute Gasteiger partial charge is 0.326 e. The van der Waals surface area contributed by atoms with E-state index in [0.29, 0.717) is 30.8 Å². The van der Waals surface area contributed by atoms with Crippen molar-refractivity contribution in [2.45, 2.75) is 31.8 Å². The van der Waals surface area contributed by atoms with Crippen LogP contribution < -0.4 is 10.1 Å². The van der Waals surface area contributed by atoms with Crippen LogP contribution in [-0.4, -0.2) is 58.1 Å². The van der Waals surface area contributed by atoms with Crippen molar-refractivity contribution in [3.63, 3.8) is 0 Å². The van der Waals surface area contributed by atoms with Crippen LogP contribution in [0.4, 0.5) is 0 Å². The number of amides is 2. The highest BCUT2D eigenvalue weighted by atomic mass is 16.5. The number of carboxylic acids is 1. The third-order valence-corrected chi connectivity index (χ3v) is 5.02. The third-order valence-electron chi connectivity index (χ3n) is 5.02. The summed E-state index contributed by atoms with van der Waals surface area (Å²) in [6.07, 6.45) is 1.08. The van der Waals surface area contributed by atoms with E-state index in [9.17, 15) is 19.5 Å². The minimum absolute atomic E-state index is 0.381. The Morgan fingerprint density at radius 2 is 2.04 bits per heavy atom. The monoisotopic (exact) mass is 373 g/mol. The lowest BCUT2D eigenvalue weighted by molar-refractivity contribution is -0.148. The molecule has 2 atom stereocenters. The van der Waals surface area contributed by atoms with Crippen LogP contribution in [0.25, 0.3) is 10.9 Å². The number of nitrogens with zero attached hydrogens (tertiary/aromatic N) is 2. The molecule has 1 aromatic heterocycles. The number of aromatic nitrogens is 1. The molecule has 1 fully saturated rings. The summed E-state index contributed by atoms with van der Waals surface area (Å²) < 4.78 is 6.95. The summed E-state index contributed by atoms with van der Waals surface area (Å²) in [5.41, 5.74) is 1.28. The lowest BCUT2D eigenvalue weighted by Gasteiger charge is -2.25. The molecule has 27 heavy (non-hydrogen) atoms. The van der Waals surface area contributed by atoms with Gasteiger partial charge in [0.2, 0.25) is 5.91 Å². The van der Waals surface area contributed by atoms with Crippen molar-refractivity contribution in [2.24, 2.45) is 7.05 Å². The molecule has 2 N–H and O–H groups in total. The lowest BCUT2D eigenvalue weighted by atomic mass is 10.2. The van der Waals surface area contributed by atoms with E-state index < -0.39 is 18.1 Å². The van der Waals surface area contributed by atoms with Crippen LogP contribution in [0.3, 0.4) is 0 Å². The number of nitrogens with one attached hydrogen (secondary N) is 1. The summed E-state index contributed by atoms with van der Waals surface area (Å²) in [6, 6.07) is 5.62. The average molecular weight is 373 g/mol. The van der Waals surface area contributed by atoms with E-state index >= 15 is 0 Å². The molecule has 144 valence electrons. The average Bonchev–Trinajstić information content (AvgIpc) is 3.25. The maximum atomic E-state index is 12.7. The molecular formula is C19H23N3O5. The standard InChI is InChI=1S/C19H23N3O5/c1-11(18(24)22-8-4-5-15(22)19(25)26)20-17(23)16-10-12-9-13(27-3)6-7-14(12)21(16)2/h6-7,9-11,15H,4-5,8H2,1-3H3,(H,20,23)(H,25,26). The van der Waals surface area contributed by atoms with Crippen LogP contribution in [0.15, 0.2) is 24.3 Å². The minimum atomic E-state index is -1.01. The zero-order chi connectivity index (χ0) is 19.7. The van der Waals surface area contributed by atoms with E-state index in [1.807, 2.05) is 18.2 Å². The van der Waals surface area contributed by atoms with Gasteiger partial charge < -0.3 is 24.6 Å². The summed E-state index contributed by atoms with van der Waals surface area (Å²) in [6.45, 7) is 1.97. The highest BCUT2D eigenvalue weighted by molar-refractivity contribution is 6.01.